The smallest absolute Gasteiger partial charge is 0.150 e. The minimum absolute atomic E-state index is 0.693. The number of piperidine rings is 1. The zero-order valence-corrected chi connectivity index (χ0v) is 16.6. The summed E-state index contributed by atoms with van der Waals surface area (Å²) in [4.78, 5) is 13.3. The largest absolute Gasteiger partial charge is 0.372 e. The zero-order chi connectivity index (χ0) is 19.3. The number of hydrogen-bond acceptors (Lipinski definition) is 2. The Kier molecular flexibility index (Phi) is 5.78. The topological polar surface area (TPSA) is 20.3 Å². The van der Waals surface area contributed by atoms with E-state index in [1.807, 2.05) is 24.3 Å². The van der Waals surface area contributed by atoms with Gasteiger partial charge in [0.05, 0.1) is 0 Å². The van der Waals surface area contributed by atoms with Crippen molar-refractivity contribution in [1.29, 1.82) is 0 Å². The molecule has 142 valence electrons. The molecule has 0 unspecified atom stereocenters. The second kappa shape index (κ2) is 8.62. The standard InChI is InChI=1S/C25H24ClNO/c26-23-9-7-21(8-10-23)25-4-2-1-3-22(25)17-19-13-15-27(16-14-19)24-11-5-20(18-28)6-12-24/h1-12,18-19H,13-17H2. The third-order valence-corrected chi connectivity index (χ3v) is 5.94. The molecule has 0 saturated carbocycles. The third kappa shape index (κ3) is 4.28. The molecule has 3 aromatic rings. The van der Waals surface area contributed by atoms with E-state index in [0.717, 1.165) is 36.4 Å². The minimum Gasteiger partial charge on any atom is -0.372 e. The maximum Gasteiger partial charge on any atom is 0.150 e. The van der Waals surface area contributed by atoms with E-state index in [1.165, 1.54) is 35.2 Å². The lowest BCUT2D eigenvalue weighted by atomic mass is 9.87. The molecule has 0 N–H and O–H groups in total. The summed E-state index contributed by atoms with van der Waals surface area (Å²) in [5.41, 5.74) is 5.90. The van der Waals surface area contributed by atoms with Crippen LogP contribution in [0, 0.1) is 5.92 Å². The average molecular weight is 390 g/mol. The van der Waals surface area contributed by atoms with Crippen LogP contribution < -0.4 is 4.90 Å². The van der Waals surface area contributed by atoms with E-state index in [9.17, 15) is 4.79 Å². The van der Waals surface area contributed by atoms with E-state index in [2.05, 4.69) is 53.4 Å². The van der Waals surface area contributed by atoms with Gasteiger partial charge in [0, 0.05) is 29.4 Å². The van der Waals surface area contributed by atoms with Crippen LogP contribution in [0.15, 0.2) is 72.8 Å². The van der Waals surface area contributed by atoms with Gasteiger partial charge >= 0.3 is 0 Å². The Labute approximate surface area is 171 Å². The highest BCUT2D eigenvalue weighted by molar-refractivity contribution is 6.30. The van der Waals surface area contributed by atoms with Gasteiger partial charge in [0.2, 0.25) is 0 Å². The van der Waals surface area contributed by atoms with Gasteiger partial charge in [0.25, 0.3) is 0 Å². The first-order chi connectivity index (χ1) is 13.7. The zero-order valence-electron chi connectivity index (χ0n) is 15.9. The first kappa shape index (κ1) is 18.8. The highest BCUT2D eigenvalue weighted by Crippen LogP contribution is 2.31. The summed E-state index contributed by atoms with van der Waals surface area (Å²) in [5, 5.41) is 0.773. The van der Waals surface area contributed by atoms with Gasteiger partial charge in [-0.3, -0.25) is 4.79 Å². The van der Waals surface area contributed by atoms with Crippen molar-refractivity contribution in [1.82, 2.24) is 0 Å². The fraction of sp³-hybridized carbons (Fsp3) is 0.240. The van der Waals surface area contributed by atoms with Gasteiger partial charge in [-0.05, 0) is 78.3 Å². The van der Waals surface area contributed by atoms with Crippen molar-refractivity contribution in [2.24, 2.45) is 5.92 Å². The predicted molar refractivity (Wildman–Crippen MR) is 117 cm³/mol. The van der Waals surface area contributed by atoms with Crippen molar-refractivity contribution in [3.63, 3.8) is 0 Å². The maximum atomic E-state index is 10.8. The maximum absolute atomic E-state index is 10.8. The normalized spacial score (nSPS) is 14.8. The first-order valence-corrected chi connectivity index (χ1v) is 10.2. The summed E-state index contributed by atoms with van der Waals surface area (Å²) in [6.07, 6.45) is 4.37. The van der Waals surface area contributed by atoms with Crippen molar-refractivity contribution in [2.45, 2.75) is 19.3 Å². The third-order valence-electron chi connectivity index (χ3n) is 5.69. The van der Waals surface area contributed by atoms with Crippen molar-refractivity contribution in [3.05, 3.63) is 88.9 Å². The number of hydrogen-bond donors (Lipinski definition) is 0. The van der Waals surface area contributed by atoms with Gasteiger partial charge in [-0.2, -0.15) is 0 Å². The van der Waals surface area contributed by atoms with E-state index in [-0.39, 0.29) is 0 Å². The molecule has 1 aliphatic rings. The molecule has 28 heavy (non-hydrogen) atoms. The molecule has 0 aliphatic carbocycles. The Hall–Kier alpha value is -2.58. The Morgan fingerprint density at radius 2 is 1.57 bits per heavy atom. The van der Waals surface area contributed by atoms with Crippen LogP contribution in [0.1, 0.15) is 28.8 Å². The molecule has 0 radical (unpaired) electrons. The molecule has 1 fully saturated rings. The fourth-order valence-corrected chi connectivity index (χ4v) is 4.21. The van der Waals surface area contributed by atoms with Crippen molar-refractivity contribution in [2.75, 3.05) is 18.0 Å². The van der Waals surface area contributed by atoms with Crippen LogP contribution in [0.4, 0.5) is 5.69 Å². The highest BCUT2D eigenvalue weighted by atomic mass is 35.5. The molecule has 0 spiro atoms. The van der Waals surface area contributed by atoms with E-state index < -0.39 is 0 Å². The lowest BCUT2D eigenvalue weighted by molar-refractivity contribution is 0.112. The van der Waals surface area contributed by atoms with E-state index in [0.29, 0.717) is 5.92 Å². The molecule has 4 rings (SSSR count). The van der Waals surface area contributed by atoms with Gasteiger partial charge in [-0.15, -0.1) is 0 Å². The van der Waals surface area contributed by atoms with Crippen LogP contribution in [0.2, 0.25) is 5.02 Å². The monoisotopic (exact) mass is 389 g/mol. The highest BCUT2D eigenvalue weighted by Gasteiger charge is 2.21. The molecule has 0 aromatic heterocycles. The van der Waals surface area contributed by atoms with Crippen molar-refractivity contribution < 1.29 is 4.79 Å². The molecule has 1 heterocycles. The number of halogens is 1. The van der Waals surface area contributed by atoms with Crippen LogP contribution in [-0.4, -0.2) is 19.4 Å². The number of benzene rings is 3. The summed E-state index contributed by atoms with van der Waals surface area (Å²) in [7, 11) is 0. The SMILES string of the molecule is O=Cc1ccc(N2CCC(Cc3ccccc3-c3ccc(Cl)cc3)CC2)cc1. The molecule has 1 saturated heterocycles. The van der Waals surface area contributed by atoms with Gasteiger partial charge in [0.15, 0.2) is 0 Å². The molecular weight excluding hydrogens is 366 g/mol. The Balaban J connectivity index is 1.42. The van der Waals surface area contributed by atoms with E-state index in [4.69, 9.17) is 11.6 Å². The van der Waals surface area contributed by atoms with Crippen LogP contribution >= 0.6 is 11.6 Å². The number of anilines is 1. The summed E-state index contributed by atoms with van der Waals surface area (Å²) in [5.74, 6) is 0.693. The molecule has 3 heteroatoms. The molecular formula is C25H24ClNO. The quantitative estimate of drug-likeness (QED) is 0.478. The minimum atomic E-state index is 0.693. The molecule has 0 bridgehead atoms. The van der Waals surface area contributed by atoms with Crippen LogP contribution in [0.3, 0.4) is 0 Å². The van der Waals surface area contributed by atoms with Gasteiger partial charge in [-0.1, -0.05) is 48.0 Å². The summed E-state index contributed by atoms with van der Waals surface area (Å²) < 4.78 is 0. The number of aldehydes is 1. The van der Waals surface area contributed by atoms with Crippen LogP contribution in [0.25, 0.3) is 11.1 Å². The molecule has 2 nitrogen and oxygen atoms in total. The van der Waals surface area contributed by atoms with E-state index >= 15 is 0 Å². The summed E-state index contributed by atoms with van der Waals surface area (Å²) in [6.45, 7) is 2.13. The lowest BCUT2D eigenvalue weighted by Gasteiger charge is -2.34. The molecule has 0 amide bonds. The molecule has 0 atom stereocenters. The average Bonchev–Trinajstić information content (AvgIpc) is 2.75. The fourth-order valence-electron chi connectivity index (χ4n) is 4.08. The molecule has 3 aromatic carbocycles. The Bertz CT molecular complexity index is 926. The number of nitrogens with zero attached hydrogens (tertiary/aromatic N) is 1. The number of rotatable bonds is 5. The van der Waals surface area contributed by atoms with Gasteiger partial charge in [0.1, 0.15) is 6.29 Å². The van der Waals surface area contributed by atoms with Crippen LogP contribution in [0.5, 0.6) is 0 Å². The Morgan fingerprint density at radius 3 is 2.25 bits per heavy atom. The first-order valence-electron chi connectivity index (χ1n) is 9.87. The van der Waals surface area contributed by atoms with Gasteiger partial charge in [-0.25, -0.2) is 0 Å². The lowest BCUT2D eigenvalue weighted by Crippen LogP contribution is -2.34. The molecule has 1 aliphatic heterocycles. The van der Waals surface area contributed by atoms with Crippen molar-refractivity contribution in [3.8, 4) is 11.1 Å². The van der Waals surface area contributed by atoms with Crippen LogP contribution in [-0.2, 0) is 6.42 Å². The second-order valence-electron chi connectivity index (χ2n) is 7.51. The number of carbonyl (C=O) groups excluding carboxylic acids is 1. The van der Waals surface area contributed by atoms with Gasteiger partial charge < -0.3 is 4.90 Å². The number of carbonyl (C=O) groups is 1. The summed E-state index contributed by atoms with van der Waals surface area (Å²) in [6, 6.07) is 24.8. The Morgan fingerprint density at radius 1 is 0.893 bits per heavy atom. The summed E-state index contributed by atoms with van der Waals surface area (Å²) >= 11 is 6.05. The second-order valence-corrected chi connectivity index (χ2v) is 7.94. The van der Waals surface area contributed by atoms with Crippen molar-refractivity contribution >= 4 is 23.6 Å². The predicted octanol–water partition coefficient (Wildman–Crippen LogP) is 6.28. The van der Waals surface area contributed by atoms with E-state index in [1.54, 1.807) is 0 Å².